The molecule has 0 saturated carbocycles. The molecular formula is C29H38F2N4O4S. The van der Waals surface area contributed by atoms with Gasteiger partial charge < -0.3 is 15.5 Å². The largest absolute Gasteiger partial charge is 0.353 e. The average molecular weight is 577 g/mol. The fourth-order valence-corrected chi connectivity index (χ4v) is 6.90. The summed E-state index contributed by atoms with van der Waals surface area (Å²) in [4.78, 5) is 27.6. The summed E-state index contributed by atoms with van der Waals surface area (Å²) in [5.74, 6) is -2.26. The third-order valence-corrected chi connectivity index (χ3v) is 9.44. The number of nitrogens with zero attached hydrogens (tertiary/aromatic N) is 2. The summed E-state index contributed by atoms with van der Waals surface area (Å²) in [5.41, 5.74) is 1.34. The lowest BCUT2D eigenvalue weighted by molar-refractivity contribution is -0.129. The first-order valence-corrected chi connectivity index (χ1v) is 15.3. The van der Waals surface area contributed by atoms with Crippen molar-refractivity contribution in [3.8, 4) is 0 Å². The molecule has 0 aliphatic carbocycles. The summed E-state index contributed by atoms with van der Waals surface area (Å²) in [7, 11) is -3.71. The van der Waals surface area contributed by atoms with Crippen molar-refractivity contribution in [3.63, 3.8) is 0 Å². The van der Waals surface area contributed by atoms with Crippen molar-refractivity contribution in [2.24, 2.45) is 5.92 Å². The number of nitrogens with one attached hydrogen (secondary N) is 2. The molecule has 3 atom stereocenters. The lowest BCUT2D eigenvalue weighted by atomic mass is 9.97. The van der Waals surface area contributed by atoms with Crippen LogP contribution >= 0.6 is 0 Å². The third-order valence-electron chi connectivity index (χ3n) is 7.56. The molecule has 0 bridgehead atoms. The standard InChI is InChI=1S/C29H38F2N4O4S/c1-3-4-10-34-18-22(15-28(34)36)29(37)33-25(14-21-12-23(30)16-24(31)13-21)17-26-19-35(11-9-32-26)40(38,39)27-7-5-20(2)6-8-27/h5-8,12-13,16,22,25-26,32H,3-4,9-11,14-15,17-19H2,1-2H3,(H,33,37)/t22?,25?,26-/m0/s1. The number of aryl methyl sites for hydroxylation is 1. The molecule has 4 rings (SSSR count). The summed E-state index contributed by atoms with van der Waals surface area (Å²) in [6, 6.07) is 9.12. The molecule has 218 valence electrons. The molecule has 2 heterocycles. The molecule has 2 N–H and O–H groups in total. The predicted octanol–water partition coefficient (Wildman–Crippen LogP) is 3.00. The number of piperazine rings is 1. The molecule has 2 saturated heterocycles. The van der Waals surface area contributed by atoms with Gasteiger partial charge in [0.2, 0.25) is 21.8 Å². The molecule has 2 aromatic carbocycles. The summed E-state index contributed by atoms with van der Waals surface area (Å²) >= 11 is 0. The summed E-state index contributed by atoms with van der Waals surface area (Å²) < 4.78 is 55.9. The average Bonchev–Trinajstić information content (AvgIpc) is 3.27. The normalized spacial score (nSPS) is 21.0. The zero-order chi connectivity index (χ0) is 28.9. The van der Waals surface area contributed by atoms with Gasteiger partial charge >= 0.3 is 0 Å². The first-order chi connectivity index (χ1) is 19.0. The van der Waals surface area contributed by atoms with Crippen LogP contribution in [-0.4, -0.2) is 74.2 Å². The summed E-state index contributed by atoms with van der Waals surface area (Å²) in [6.07, 6.45) is 2.43. The van der Waals surface area contributed by atoms with E-state index < -0.39 is 33.6 Å². The maximum Gasteiger partial charge on any atom is 0.243 e. The third kappa shape index (κ3) is 7.64. The molecule has 2 aromatic rings. The van der Waals surface area contributed by atoms with Crippen molar-refractivity contribution in [3.05, 3.63) is 65.2 Å². The molecule has 2 fully saturated rings. The molecule has 2 aliphatic heterocycles. The van der Waals surface area contributed by atoms with Crippen LogP contribution in [0.4, 0.5) is 8.78 Å². The lowest BCUT2D eigenvalue weighted by Gasteiger charge is -2.35. The van der Waals surface area contributed by atoms with Gasteiger partial charge in [0.05, 0.1) is 10.8 Å². The van der Waals surface area contributed by atoms with Crippen LogP contribution < -0.4 is 10.6 Å². The quantitative estimate of drug-likeness (QED) is 0.429. The van der Waals surface area contributed by atoms with E-state index in [1.54, 1.807) is 29.2 Å². The van der Waals surface area contributed by atoms with Gasteiger partial charge in [-0.25, -0.2) is 17.2 Å². The van der Waals surface area contributed by atoms with Gasteiger partial charge in [-0.2, -0.15) is 4.31 Å². The van der Waals surface area contributed by atoms with Crippen molar-refractivity contribution >= 4 is 21.8 Å². The molecular weight excluding hydrogens is 538 g/mol. The van der Waals surface area contributed by atoms with Gasteiger partial charge in [0.15, 0.2) is 0 Å². The van der Waals surface area contributed by atoms with Gasteiger partial charge in [-0.05, 0) is 56.0 Å². The molecule has 2 amide bonds. The number of halogens is 2. The maximum absolute atomic E-state index is 13.9. The maximum atomic E-state index is 13.9. The number of carbonyl (C=O) groups is 2. The van der Waals surface area contributed by atoms with E-state index in [-0.39, 0.29) is 42.1 Å². The van der Waals surface area contributed by atoms with E-state index in [2.05, 4.69) is 10.6 Å². The van der Waals surface area contributed by atoms with Crippen LogP contribution in [0.25, 0.3) is 0 Å². The molecule has 0 spiro atoms. The Morgan fingerprint density at radius 3 is 2.50 bits per heavy atom. The van der Waals surface area contributed by atoms with Crippen LogP contribution in [0.5, 0.6) is 0 Å². The van der Waals surface area contributed by atoms with Crippen LogP contribution in [0, 0.1) is 24.5 Å². The minimum atomic E-state index is -3.71. The zero-order valence-corrected chi connectivity index (χ0v) is 23.9. The topological polar surface area (TPSA) is 98.8 Å². The van der Waals surface area contributed by atoms with E-state index in [4.69, 9.17) is 0 Å². The second-order valence-corrected chi connectivity index (χ2v) is 12.8. The second-order valence-electron chi connectivity index (χ2n) is 10.8. The Morgan fingerprint density at radius 2 is 1.82 bits per heavy atom. The number of hydrogen-bond donors (Lipinski definition) is 2. The Kier molecular flexibility index (Phi) is 9.91. The molecule has 0 radical (unpaired) electrons. The minimum absolute atomic E-state index is 0.0525. The van der Waals surface area contributed by atoms with E-state index in [0.717, 1.165) is 24.5 Å². The SMILES string of the molecule is CCCCN1CC(C(=O)NC(Cc2cc(F)cc(F)c2)C[C@H]2CN(S(=O)(=O)c3ccc(C)cc3)CCN2)CC1=O. The highest BCUT2D eigenvalue weighted by Gasteiger charge is 2.36. The molecule has 8 nitrogen and oxygen atoms in total. The van der Waals surface area contributed by atoms with E-state index in [9.17, 15) is 26.8 Å². The predicted molar refractivity (Wildman–Crippen MR) is 148 cm³/mol. The molecule has 2 unspecified atom stereocenters. The number of likely N-dealkylation sites (tertiary alicyclic amines) is 1. The number of rotatable bonds is 11. The van der Waals surface area contributed by atoms with Crippen LogP contribution in [0.1, 0.15) is 43.7 Å². The summed E-state index contributed by atoms with van der Waals surface area (Å²) in [6.45, 7) is 5.80. The van der Waals surface area contributed by atoms with Crippen LogP contribution in [0.2, 0.25) is 0 Å². The number of carbonyl (C=O) groups excluding carboxylic acids is 2. The molecule has 11 heteroatoms. The molecule has 0 aromatic heterocycles. The van der Waals surface area contributed by atoms with Crippen molar-refractivity contribution < 1.29 is 26.8 Å². The number of sulfonamides is 1. The van der Waals surface area contributed by atoms with E-state index in [1.807, 2.05) is 13.8 Å². The monoisotopic (exact) mass is 576 g/mol. The number of hydrogen-bond acceptors (Lipinski definition) is 5. The Bertz CT molecular complexity index is 1290. The van der Waals surface area contributed by atoms with Crippen LogP contribution in [-0.2, 0) is 26.0 Å². The van der Waals surface area contributed by atoms with Gasteiger partial charge in [-0.3, -0.25) is 9.59 Å². The minimum Gasteiger partial charge on any atom is -0.353 e. The van der Waals surface area contributed by atoms with Crippen molar-refractivity contribution in [2.75, 3.05) is 32.7 Å². The zero-order valence-electron chi connectivity index (χ0n) is 23.0. The van der Waals surface area contributed by atoms with Crippen LogP contribution in [0.3, 0.4) is 0 Å². The second kappa shape index (κ2) is 13.2. The number of unbranched alkanes of at least 4 members (excludes halogenated alkanes) is 1. The summed E-state index contributed by atoms with van der Waals surface area (Å²) in [5, 5.41) is 6.34. The Labute approximate surface area is 235 Å². The van der Waals surface area contributed by atoms with Gasteiger partial charge in [-0.1, -0.05) is 31.0 Å². The lowest BCUT2D eigenvalue weighted by Crippen LogP contribution is -2.55. The van der Waals surface area contributed by atoms with E-state index >= 15 is 0 Å². The first kappa shape index (κ1) is 30.1. The first-order valence-electron chi connectivity index (χ1n) is 13.9. The highest BCUT2D eigenvalue weighted by molar-refractivity contribution is 7.89. The van der Waals surface area contributed by atoms with E-state index in [0.29, 0.717) is 38.2 Å². The van der Waals surface area contributed by atoms with Crippen molar-refractivity contribution in [1.82, 2.24) is 19.8 Å². The van der Waals surface area contributed by atoms with Crippen molar-refractivity contribution in [2.45, 2.75) is 62.9 Å². The van der Waals surface area contributed by atoms with Crippen molar-refractivity contribution in [1.29, 1.82) is 0 Å². The smallest absolute Gasteiger partial charge is 0.243 e. The fourth-order valence-electron chi connectivity index (χ4n) is 5.41. The van der Waals surface area contributed by atoms with Gasteiger partial charge in [0.25, 0.3) is 0 Å². The molecule has 2 aliphatic rings. The highest BCUT2D eigenvalue weighted by Crippen LogP contribution is 2.22. The van der Waals surface area contributed by atoms with Gasteiger partial charge in [-0.15, -0.1) is 0 Å². The van der Waals surface area contributed by atoms with E-state index in [1.165, 1.54) is 16.4 Å². The fraction of sp³-hybridized carbons (Fsp3) is 0.517. The highest BCUT2D eigenvalue weighted by atomic mass is 32.2. The van der Waals surface area contributed by atoms with Crippen LogP contribution in [0.15, 0.2) is 47.4 Å². The van der Waals surface area contributed by atoms with Gasteiger partial charge in [0.1, 0.15) is 11.6 Å². The molecule has 40 heavy (non-hydrogen) atoms. The van der Waals surface area contributed by atoms with Gasteiger partial charge in [0, 0.05) is 57.3 Å². The Morgan fingerprint density at radius 1 is 1.12 bits per heavy atom. The Balaban J connectivity index is 1.48. The number of benzene rings is 2. The Hall–Kier alpha value is -2.89. The number of amides is 2.